The third-order valence-corrected chi connectivity index (χ3v) is 5.50. The Bertz CT molecular complexity index is 1590. The molecule has 0 spiro atoms. The van der Waals surface area contributed by atoms with E-state index >= 15 is 0 Å². The molecule has 1 amide bonds. The summed E-state index contributed by atoms with van der Waals surface area (Å²) in [6, 6.07) is 19.4. The highest BCUT2D eigenvalue weighted by Gasteiger charge is 2.19. The summed E-state index contributed by atoms with van der Waals surface area (Å²) >= 11 is 6.20. The van der Waals surface area contributed by atoms with Gasteiger partial charge >= 0.3 is 0 Å². The zero-order valence-electron chi connectivity index (χ0n) is 18.1. The first-order chi connectivity index (χ1) is 16.9. The molecular formula is C24H16ClN5O5. The number of benzene rings is 3. The van der Waals surface area contributed by atoms with E-state index in [2.05, 4.69) is 15.5 Å². The Balaban J connectivity index is 1.37. The van der Waals surface area contributed by atoms with Crippen LogP contribution >= 0.6 is 11.6 Å². The molecule has 0 radical (unpaired) electrons. The van der Waals surface area contributed by atoms with E-state index in [-0.39, 0.29) is 22.8 Å². The van der Waals surface area contributed by atoms with Crippen molar-refractivity contribution in [3.8, 4) is 22.8 Å². The molecule has 0 aliphatic carbocycles. The molecule has 174 valence electrons. The number of amides is 1. The average molecular weight is 490 g/mol. The Morgan fingerprint density at radius 3 is 2.63 bits per heavy atom. The van der Waals surface area contributed by atoms with Gasteiger partial charge in [-0.2, -0.15) is 4.80 Å². The first-order valence-electron chi connectivity index (χ1n) is 10.3. The Morgan fingerprint density at radius 1 is 1.06 bits per heavy atom. The number of aromatic nitrogens is 3. The van der Waals surface area contributed by atoms with Crippen molar-refractivity contribution < 1.29 is 18.9 Å². The van der Waals surface area contributed by atoms with Crippen LogP contribution in [-0.2, 0) is 0 Å². The van der Waals surface area contributed by atoms with Crippen molar-refractivity contribution in [2.24, 2.45) is 0 Å². The van der Waals surface area contributed by atoms with Gasteiger partial charge in [-0.05, 0) is 54.6 Å². The fourth-order valence-corrected chi connectivity index (χ4v) is 3.78. The highest BCUT2D eigenvalue weighted by atomic mass is 35.5. The molecule has 0 fully saturated rings. The second kappa shape index (κ2) is 8.92. The molecule has 5 rings (SSSR count). The summed E-state index contributed by atoms with van der Waals surface area (Å²) in [7, 11) is 1.53. The Kier molecular flexibility index (Phi) is 5.63. The lowest BCUT2D eigenvalue weighted by Crippen LogP contribution is -2.10. The van der Waals surface area contributed by atoms with E-state index in [1.807, 2.05) is 0 Å². The minimum atomic E-state index is -0.511. The number of hydrogen-bond acceptors (Lipinski definition) is 7. The van der Waals surface area contributed by atoms with Crippen molar-refractivity contribution in [3.63, 3.8) is 0 Å². The first kappa shape index (κ1) is 22.1. The molecule has 10 nitrogen and oxygen atoms in total. The standard InChI is InChI=1S/C24H16ClN5O5/c1-34-22-9-7-15(13-17(22)25)29-27-18-8-6-14(12-19(18)28-29)26-24(31)23-11-10-21(35-23)16-4-2-3-5-20(16)30(32)33/h2-13H,1H3,(H,26,31). The number of para-hydroxylation sites is 1. The van der Waals surface area contributed by atoms with Gasteiger partial charge in [-0.25, -0.2) is 0 Å². The number of fused-ring (bicyclic) bond motifs is 1. The van der Waals surface area contributed by atoms with Gasteiger partial charge in [0.1, 0.15) is 22.5 Å². The van der Waals surface area contributed by atoms with Gasteiger partial charge in [0.15, 0.2) is 5.76 Å². The molecule has 0 aliphatic rings. The van der Waals surface area contributed by atoms with Gasteiger partial charge < -0.3 is 14.5 Å². The van der Waals surface area contributed by atoms with Gasteiger partial charge in [0.25, 0.3) is 11.6 Å². The van der Waals surface area contributed by atoms with Gasteiger partial charge in [0.05, 0.1) is 28.3 Å². The number of carbonyl (C=O) groups excluding carboxylic acids is 1. The predicted octanol–water partition coefficient (Wildman–Crippen LogP) is 5.50. The highest BCUT2D eigenvalue weighted by Crippen LogP contribution is 2.31. The number of methoxy groups -OCH3 is 1. The molecule has 0 bridgehead atoms. The molecule has 0 saturated heterocycles. The van der Waals surface area contributed by atoms with Crippen LogP contribution in [0.5, 0.6) is 5.75 Å². The number of carbonyl (C=O) groups is 1. The number of hydrogen-bond donors (Lipinski definition) is 1. The fourth-order valence-electron chi connectivity index (χ4n) is 3.53. The minimum Gasteiger partial charge on any atom is -0.495 e. The molecule has 2 heterocycles. The summed E-state index contributed by atoms with van der Waals surface area (Å²) < 4.78 is 10.8. The van der Waals surface area contributed by atoms with Crippen LogP contribution in [0.4, 0.5) is 11.4 Å². The largest absolute Gasteiger partial charge is 0.495 e. The normalized spacial score (nSPS) is 10.9. The summed E-state index contributed by atoms with van der Waals surface area (Å²) in [4.78, 5) is 25.0. The number of furan rings is 1. The van der Waals surface area contributed by atoms with Gasteiger partial charge in [-0.3, -0.25) is 14.9 Å². The second-order valence-corrected chi connectivity index (χ2v) is 7.81. The van der Waals surface area contributed by atoms with Gasteiger partial charge in [0.2, 0.25) is 0 Å². The smallest absolute Gasteiger partial charge is 0.291 e. The lowest BCUT2D eigenvalue weighted by molar-refractivity contribution is -0.384. The summed E-state index contributed by atoms with van der Waals surface area (Å²) in [6.45, 7) is 0. The van der Waals surface area contributed by atoms with Gasteiger partial charge in [-0.15, -0.1) is 10.2 Å². The molecular weight excluding hydrogens is 474 g/mol. The fraction of sp³-hybridized carbons (Fsp3) is 0.0417. The number of anilines is 1. The zero-order chi connectivity index (χ0) is 24.5. The maximum absolute atomic E-state index is 12.7. The summed E-state index contributed by atoms with van der Waals surface area (Å²) in [5.41, 5.74) is 2.47. The van der Waals surface area contributed by atoms with E-state index in [1.54, 1.807) is 54.6 Å². The molecule has 0 atom stereocenters. The number of nitro benzene ring substituents is 1. The number of ether oxygens (including phenoxy) is 1. The molecule has 11 heteroatoms. The van der Waals surface area contributed by atoms with Crippen molar-refractivity contribution in [3.05, 3.63) is 93.7 Å². The average Bonchev–Trinajstić information content (AvgIpc) is 3.51. The lowest BCUT2D eigenvalue weighted by atomic mass is 10.1. The number of nitrogens with one attached hydrogen (secondary N) is 1. The topological polar surface area (TPSA) is 125 Å². The number of rotatable bonds is 6. The molecule has 0 aliphatic heterocycles. The molecule has 5 aromatic rings. The maximum atomic E-state index is 12.7. The van der Waals surface area contributed by atoms with Crippen LogP contribution in [0.3, 0.4) is 0 Å². The quantitative estimate of drug-likeness (QED) is 0.246. The Morgan fingerprint density at radius 2 is 1.86 bits per heavy atom. The number of halogens is 1. The Labute approximate surface area is 202 Å². The van der Waals surface area contributed by atoms with Crippen LogP contribution < -0.4 is 10.1 Å². The van der Waals surface area contributed by atoms with Crippen LogP contribution in [0.1, 0.15) is 10.6 Å². The Hall–Kier alpha value is -4.70. The van der Waals surface area contributed by atoms with E-state index in [9.17, 15) is 14.9 Å². The van der Waals surface area contributed by atoms with Gasteiger partial charge in [-0.1, -0.05) is 23.7 Å². The van der Waals surface area contributed by atoms with E-state index in [4.69, 9.17) is 20.8 Å². The van der Waals surface area contributed by atoms with Crippen molar-refractivity contribution in [2.45, 2.75) is 0 Å². The number of nitro groups is 1. The first-order valence-corrected chi connectivity index (χ1v) is 10.7. The van der Waals surface area contributed by atoms with Crippen LogP contribution in [0.15, 0.2) is 77.2 Å². The van der Waals surface area contributed by atoms with E-state index in [1.165, 1.54) is 30.1 Å². The monoisotopic (exact) mass is 489 g/mol. The summed E-state index contributed by atoms with van der Waals surface area (Å²) in [6.07, 6.45) is 0. The minimum absolute atomic E-state index is 0.00905. The van der Waals surface area contributed by atoms with Crippen molar-refractivity contribution >= 4 is 39.9 Å². The SMILES string of the molecule is COc1ccc(-n2nc3ccc(NC(=O)c4ccc(-c5ccccc5[N+](=O)[O-])o4)cc3n2)cc1Cl. The number of nitrogens with zero attached hydrogens (tertiary/aromatic N) is 4. The van der Waals surface area contributed by atoms with Gasteiger partial charge in [0, 0.05) is 11.8 Å². The molecule has 1 N–H and O–H groups in total. The summed E-state index contributed by atoms with van der Waals surface area (Å²) in [5, 5.41) is 23.3. The molecule has 2 aromatic heterocycles. The predicted molar refractivity (Wildman–Crippen MR) is 129 cm³/mol. The van der Waals surface area contributed by atoms with Crippen molar-refractivity contribution in [1.82, 2.24) is 15.0 Å². The molecule has 0 unspecified atom stereocenters. The lowest BCUT2D eigenvalue weighted by Gasteiger charge is -2.04. The van der Waals surface area contributed by atoms with E-state index < -0.39 is 10.8 Å². The van der Waals surface area contributed by atoms with Crippen LogP contribution in [0.25, 0.3) is 28.0 Å². The van der Waals surface area contributed by atoms with Crippen molar-refractivity contribution in [2.75, 3.05) is 12.4 Å². The van der Waals surface area contributed by atoms with Crippen LogP contribution in [0.2, 0.25) is 5.02 Å². The van der Waals surface area contributed by atoms with Crippen LogP contribution in [-0.4, -0.2) is 32.9 Å². The second-order valence-electron chi connectivity index (χ2n) is 7.40. The van der Waals surface area contributed by atoms with Crippen LogP contribution in [0, 0.1) is 10.1 Å². The highest BCUT2D eigenvalue weighted by molar-refractivity contribution is 6.32. The molecule has 3 aromatic carbocycles. The third-order valence-electron chi connectivity index (χ3n) is 5.20. The summed E-state index contributed by atoms with van der Waals surface area (Å²) in [5.74, 6) is 0.261. The maximum Gasteiger partial charge on any atom is 0.291 e. The van der Waals surface area contributed by atoms with Crippen molar-refractivity contribution in [1.29, 1.82) is 0 Å². The molecule has 0 saturated carbocycles. The molecule has 35 heavy (non-hydrogen) atoms. The van der Waals surface area contributed by atoms with E-state index in [0.29, 0.717) is 33.2 Å². The third kappa shape index (κ3) is 4.30. The zero-order valence-corrected chi connectivity index (χ0v) is 18.9. The van der Waals surface area contributed by atoms with E-state index in [0.717, 1.165) is 0 Å².